The summed E-state index contributed by atoms with van der Waals surface area (Å²) in [6.07, 6.45) is 2.25. The maximum absolute atomic E-state index is 13.8. The molecular weight excluding hydrogens is 405 g/mol. The number of ether oxygens (including phenoxy) is 1. The maximum atomic E-state index is 13.8. The van der Waals surface area contributed by atoms with Crippen LogP contribution in [0.5, 0.6) is 5.75 Å². The van der Waals surface area contributed by atoms with Crippen LogP contribution in [0, 0.1) is 17.1 Å². The van der Waals surface area contributed by atoms with Crippen molar-refractivity contribution in [2.75, 3.05) is 25.5 Å². The average Bonchev–Trinajstić information content (AvgIpc) is 3.22. The van der Waals surface area contributed by atoms with Crippen LogP contribution in [0.3, 0.4) is 0 Å². The van der Waals surface area contributed by atoms with Gasteiger partial charge in [0.15, 0.2) is 5.82 Å². The van der Waals surface area contributed by atoms with Crippen molar-refractivity contribution in [3.8, 4) is 23.1 Å². The van der Waals surface area contributed by atoms with Gasteiger partial charge < -0.3 is 15.4 Å². The monoisotopic (exact) mass is 427 g/mol. The van der Waals surface area contributed by atoms with Crippen molar-refractivity contribution >= 4 is 23.9 Å². The van der Waals surface area contributed by atoms with Gasteiger partial charge in [0.05, 0.1) is 18.4 Å². The van der Waals surface area contributed by atoms with E-state index in [2.05, 4.69) is 39.0 Å². The third kappa shape index (κ3) is 4.56. The molecule has 4 rings (SSSR count). The summed E-state index contributed by atoms with van der Waals surface area (Å²) >= 11 is 0. The fourth-order valence-electron chi connectivity index (χ4n) is 3.69. The average molecular weight is 428 g/mol. The molecule has 1 aromatic heterocycles. The van der Waals surface area contributed by atoms with Crippen LogP contribution in [0.4, 0.5) is 15.9 Å². The van der Waals surface area contributed by atoms with Crippen molar-refractivity contribution in [2.24, 2.45) is 0 Å². The van der Waals surface area contributed by atoms with Gasteiger partial charge in [-0.25, -0.2) is 4.39 Å². The standard InChI is InChI=1S/C22H22FN5O.ClH/c1-29-21-10-15(14-6-8-25-9-7-14)3-5-18(21)20-12-22(28-27-20)26-17-4-2-16(13-24)19(23)11-17;/h2-5,10-12,14,25H,6-9H2,1H3,(H2,26,27,28);1H. The number of hydrogen-bond donors (Lipinski definition) is 3. The topological polar surface area (TPSA) is 85.8 Å². The zero-order chi connectivity index (χ0) is 20.2. The molecule has 0 saturated carbocycles. The Kier molecular flexibility index (Phi) is 6.93. The lowest BCUT2D eigenvalue weighted by Gasteiger charge is -2.23. The molecule has 0 spiro atoms. The summed E-state index contributed by atoms with van der Waals surface area (Å²) in [6.45, 7) is 2.08. The molecule has 0 radical (unpaired) electrons. The molecule has 1 saturated heterocycles. The molecule has 6 nitrogen and oxygen atoms in total. The van der Waals surface area contributed by atoms with E-state index in [0.29, 0.717) is 17.4 Å². The Morgan fingerprint density at radius 3 is 2.67 bits per heavy atom. The molecule has 30 heavy (non-hydrogen) atoms. The normalized spacial score (nSPS) is 13.9. The fraction of sp³-hybridized carbons (Fsp3) is 0.273. The Labute approximate surface area is 180 Å². The van der Waals surface area contributed by atoms with E-state index in [1.807, 2.05) is 12.1 Å². The number of methoxy groups -OCH3 is 1. The van der Waals surface area contributed by atoms with E-state index in [-0.39, 0.29) is 18.0 Å². The lowest BCUT2D eigenvalue weighted by atomic mass is 9.89. The van der Waals surface area contributed by atoms with Gasteiger partial charge in [-0.3, -0.25) is 5.10 Å². The molecule has 8 heteroatoms. The highest BCUT2D eigenvalue weighted by atomic mass is 35.5. The third-order valence-electron chi connectivity index (χ3n) is 5.27. The van der Waals surface area contributed by atoms with Crippen LogP contribution in [0.1, 0.15) is 29.9 Å². The first kappa shape index (κ1) is 21.6. The first-order valence-corrected chi connectivity index (χ1v) is 9.59. The molecule has 0 atom stereocenters. The highest BCUT2D eigenvalue weighted by Crippen LogP contribution is 2.35. The minimum Gasteiger partial charge on any atom is -0.496 e. The van der Waals surface area contributed by atoms with E-state index in [1.165, 1.54) is 17.7 Å². The Balaban J connectivity index is 0.00000256. The largest absolute Gasteiger partial charge is 0.496 e. The highest BCUT2D eigenvalue weighted by molar-refractivity contribution is 5.85. The number of nitriles is 1. The number of aromatic amines is 1. The molecule has 3 N–H and O–H groups in total. The Morgan fingerprint density at radius 2 is 1.97 bits per heavy atom. The number of rotatable bonds is 5. The number of anilines is 2. The summed E-state index contributed by atoms with van der Waals surface area (Å²) < 4.78 is 19.4. The zero-order valence-corrected chi connectivity index (χ0v) is 17.4. The van der Waals surface area contributed by atoms with E-state index in [0.717, 1.165) is 42.9 Å². The lowest BCUT2D eigenvalue weighted by molar-refractivity contribution is 0.412. The Morgan fingerprint density at radius 1 is 1.17 bits per heavy atom. The molecule has 0 aliphatic carbocycles. The van der Waals surface area contributed by atoms with E-state index in [4.69, 9.17) is 10.00 Å². The summed E-state index contributed by atoms with van der Waals surface area (Å²) in [5.41, 5.74) is 3.54. The molecule has 1 aliphatic heterocycles. The Hall–Kier alpha value is -3.08. The molecule has 156 valence electrons. The molecule has 3 aromatic rings. The van der Waals surface area contributed by atoms with Crippen molar-refractivity contribution in [3.05, 3.63) is 59.4 Å². The second-order valence-corrected chi connectivity index (χ2v) is 7.08. The van der Waals surface area contributed by atoms with E-state index >= 15 is 0 Å². The number of nitrogens with one attached hydrogen (secondary N) is 3. The van der Waals surface area contributed by atoms with Gasteiger partial charge in [0.2, 0.25) is 0 Å². The number of benzene rings is 2. The van der Waals surface area contributed by atoms with Crippen LogP contribution in [0.25, 0.3) is 11.3 Å². The summed E-state index contributed by atoms with van der Waals surface area (Å²) in [5.74, 6) is 1.32. The second kappa shape index (κ2) is 9.61. The van der Waals surface area contributed by atoms with Crippen molar-refractivity contribution in [3.63, 3.8) is 0 Å². The highest BCUT2D eigenvalue weighted by Gasteiger charge is 2.18. The molecule has 2 aromatic carbocycles. The summed E-state index contributed by atoms with van der Waals surface area (Å²) in [5, 5.41) is 22.5. The van der Waals surface area contributed by atoms with Crippen LogP contribution in [0.2, 0.25) is 0 Å². The van der Waals surface area contributed by atoms with Crippen molar-refractivity contribution in [1.82, 2.24) is 15.5 Å². The van der Waals surface area contributed by atoms with Crippen molar-refractivity contribution in [1.29, 1.82) is 5.26 Å². The molecule has 1 aliphatic rings. The molecular formula is C22H23ClFN5O. The second-order valence-electron chi connectivity index (χ2n) is 7.08. The van der Waals surface area contributed by atoms with Gasteiger partial charge in [0.25, 0.3) is 0 Å². The van der Waals surface area contributed by atoms with E-state index < -0.39 is 5.82 Å². The first-order chi connectivity index (χ1) is 14.2. The predicted octanol–water partition coefficient (Wildman–Crippen LogP) is 4.73. The smallest absolute Gasteiger partial charge is 0.152 e. The fourth-order valence-corrected chi connectivity index (χ4v) is 3.69. The van der Waals surface area contributed by atoms with Gasteiger partial charge in [0.1, 0.15) is 17.6 Å². The number of piperidine rings is 1. The van der Waals surface area contributed by atoms with Gasteiger partial charge in [0, 0.05) is 17.3 Å². The molecule has 0 bridgehead atoms. The number of nitrogens with zero attached hydrogens (tertiary/aromatic N) is 2. The van der Waals surface area contributed by atoms with E-state index in [9.17, 15) is 4.39 Å². The molecule has 0 amide bonds. The molecule has 0 unspecified atom stereocenters. The van der Waals surface area contributed by atoms with Crippen molar-refractivity contribution in [2.45, 2.75) is 18.8 Å². The molecule has 2 heterocycles. The summed E-state index contributed by atoms with van der Waals surface area (Å²) in [7, 11) is 1.67. The van der Waals surface area contributed by atoms with Crippen LogP contribution in [-0.2, 0) is 0 Å². The zero-order valence-electron chi connectivity index (χ0n) is 16.5. The van der Waals surface area contributed by atoms with Gasteiger partial charge >= 0.3 is 0 Å². The van der Waals surface area contributed by atoms with Gasteiger partial charge in [-0.2, -0.15) is 10.4 Å². The van der Waals surface area contributed by atoms with Crippen molar-refractivity contribution < 1.29 is 9.13 Å². The SMILES string of the molecule is COc1cc(C2CCNCC2)ccc1-c1cc(Nc2ccc(C#N)c(F)c2)n[nH]1.Cl. The minimum absolute atomic E-state index is 0. The van der Waals surface area contributed by atoms with Crippen LogP contribution < -0.4 is 15.4 Å². The number of H-pyrrole nitrogens is 1. The minimum atomic E-state index is -0.566. The maximum Gasteiger partial charge on any atom is 0.152 e. The van der Waals surface area contributed by atoms with Crippen LogP contribution >= 0.6 is 12.4 Å². The lowest BCUT2D eigenvalue weighted by Crippen LogP contribution is -2.26. The van der Waals surface area contributed by atoms with Crippen LogP contribution in [0.15, 0.2) is 42.5 Å². The number of halogens is 2. The van der Waals surface area contributed by atoms with Gasteiger partial charge in [-0.15, -0.1) is 12.4 Å². The molecule has 1 fully saturated rings. The Bertz CT molecular complexity index is 1060. The predicted molar refractivity (Wildman–Crippen MR) is 117 cm³/mol. The van der Waals surface area contributed by atoms with Gasteiger partial charge in [-0.1, -0.05) is 6.07 Å². The third-order valence-corrected chi connectivity index (χ3v) is 5.27. The number of aromatic nitrogens is 2. The summed E-state index contributed by atoms with van der Waals surface area (Å²) in [6, 6.07) is 14.3. The first-order valence-electron chi connectivity index (χ1n) is 9.59. The number of hydrogen-bond acceptors (Lipinski definition) is 5. The van der Waals surface area contributed by atoms with Crippen LogP contribution in [-0.4, -0.2) is 30.4 Å². The summed E-state index contributed by atoms with van der Waals surface area (Å²) in [4.78, 5) is 0. The van der Waals surface area contributed by atoms with E-state index in [1.54, 1.807) is 13.2 Å². The quantitative estimate of drug-likeness (QED) is 0.548. The van der Waals surface area contributed by atoms with Gasteiger partial charge in [-0.05, 0) is 67.7 Å².